The van der Waals surface area contributed by atoms with E-state index < -0.39 is 0 Å². The zero-order valence-corrected chi connectivity index (χ0v) is 28.4. The van der Waals surface area contributed by atoms with Crippen molar-refractivity contribution in [3.05, 3.63) is 66.7 Å². The summed E-state index contributed by atoms with van der Waals surface area (Å²) in [6.07, 6.45) is 6.02. The van der Waals surface area contributed by atoms with Crippen molar-refractivity contribution in [1.82, 2.24) is 17.9 Å². The molecule has 11 heteroatoms. The molecule has 0 atom stereocenters. The van der Waals surface area contributed by atoms with Gasteiger partial charge < -0.3 is 9.13 Å². The summed E-state index contributed by atoms with van der Waals surface area (Å²) in [7, 11) is 0. The molecule has 0 aliphatic heterocycles. The quantitative estimate of drug-likeness (QED) is 0.150. The first-order valence-electron chi connectivity index (χ1n) is 14.6. The number of allylic oxidation sites excluding steroid dienone is 2. The number of nitriles is 2. The third-order valence-electron chi connectivity index (χ3n) is 7.98. The van der Waals surface area contributed by atoms with Crippen molar-refractivity contribution >= 4 is 134 Å². The maximum atomic E-state index is 9.94. The van der Waals surface area contributed by atoms with Crippen LogP contribution in [0.15, 0.2) is 47.2 Å². The summed E-state index contributed by atoms with van der Waals surface area (Å²) in [5, 5.41) is 26.2. The van der Waals surface area contributed by atoms with E-state index in [1.807, 2.05) is 47.2 Å². The van der Waals surface area contributed by atoms with Gasteiger partial charge in [0, 0.05) is 43.4 Å². The number of nitrogens with zero attached hydrogens (tertiary/aromatic N) is 6. The molecule has 6 nitrogen and oxygen atoms in total. The van der Waals surface area contributed by atoms with Crippen LogP contribution in [-0.2, 0) is 13.1 Å². The third kappa shape index (κ3) is 4.42. The van der Waals surface area contributed by atoms with Crippen molar-refractivity contribution < 1.29 is 0 Å². The van der Waals surface area contributed by atoms with Crippen LogP contribution in [0.25, 0.3) is 76.6 Å². The van der Waals surface area contributed by atoms with Gasteiger partial charge in [-0.3, -0.25) is 0 Å². The molecule has 0 bridgehead atoms. The van der Waals surface area contributed by atoms with Crippen LogP contribution in [0.4, 0.5) is 0 Å². The van der Waals surface area contributed by atoms with Crippen LogP contribution in [-0.4, -0.2) is 17.9 Å². The number of fused-ring (bicyclic) bond motifs is 10. The lowest BCUT2D eigenvalue weighted by atomic mass is 10.1. The summed E-state index contributed by atoms with van der Waals surface area (Å²) >= 11 is 7.90. The Morgan fingerprint density at radius 3 is 1.60 bits per heavy atom. The first kappa shape index (κ1) is 28.4. The molecule has 8 rings (SSSR count). The van der Waals surface area contributed by atoms with Crippen molar-refractivity contribution in [2.75, 3.05) is 0 Å². The van der Waals surface area contributed by atoms with Crippen LogP contribution in [0.3, 0.4) is 0 Å². The van der Waals surface area contributed by atoms with Crippen LogP contribution in [0.5, 0.6) is 0 Å². The Hall–Kier alpha value is -4.10. The Bertz CT molecular complexity index is 2350. The molecule has 0 saturated carbocycles. The zero-order valence-electron chi connectivity index (χ0n) is 24.3. The van der Waals surface area contributed by atoms with E-state index in [-0.39, 0.29) is 0 Å². The number of hydrogen-bond acceptors (Lipinski definition) is 9. The van der Waals surface area contributed by atoms with E-state index in [0.29, 0.717) is 11.1 Å². The van der Waals surface area contributed by atoms with Crippen LogP contribution in [0, 0.1) is 22.7 Å². The van der Waals surface area contributed by atoms with Gasteiger partial charge in [0.25, 0.3) is 0 Å². The molecule has 0 fully saturated rings. The standard InChI is InChI=1S/C34H24N6S5/c1-3-9-39-23-15-21(13-19(17-35)25-7-5-11-41-25)43-33(23)27-29-30(38-45-37-29)28-32(31(27)39)40(10-4-2)24-16-22(44-34(24)28)14-20(18-36)26-8-6-12-42-26/h5-8,11-16H,3-4,9-10H2,1-2H3. The number of hydrogen-bond donors (Lipinski definition) is 0. The summed E-state index contributed by atoms with van der Waals surface area (Å²) in [6, 6.07) is 17.3. The predicted molar refractivity (Wildman–Crippen MR) is 195 cm³/mol. The molecule has 220 valence electrons. The minimum Gasteiger partial charge on any atom is -0.338 e. The largest absolute Gasteiger partial charge is 0.338 e. The molecule has 8 aromatic rings. The molecule has 0 N–H and O–H groups in total. The molecule has 45 heavy (non-hydrogen) atoms. The number of thiophene rings is 4. The fourth-order valence-corrected chi connectivity index (χ4v) is 10.5. The van der Waals surface area contributed by atoms with Gasteiger partial charge in [-0.2, -0.15) is 19.3 Å². The number of aryl methyl sites for hydroxylation is 2. The smallest absolute Gasteiger partial charge is 0.116 e. The minimum atomic E-state index is 0.684. The van der Waals surface area contributed by atoms with Crippen molar-refractivity contribution in [3.8, 4) is 12.1 Å². The highest BCUT2D eigenvalue weighted by molar-refractivity contribution is 7.22. The zero-order chi connectivity index (χ0) is 30.7. The molecule has 7 aromatic heterocycles. The second-order valence-corrected chi connectivity index (χ2v) is 15.3. The monoisotopic (exact) mass is 676 g/mol. The molecule has 0 saturated heterocycles. The van der Waals surface area contributed by atoms with E-state index in [9.17, 15) is 10.5 Å². The minimum absolute atomic E-state index is 0.684. The normalized spacial score (nSPS) is 12.8. The van der Waals surface area contributed by atoms with Crippen LogP contribution < -0.4 is 0 Å². The van der Waals surface area contributed by atoms with Gasteiger partial charge in [-0.05, 0) is 60.0 Å². The van der Waals surface area contributed by atoms with Gasteiger partial charge >= 0.3 is 0 Å². The molecule has 0 aliphatic rings. The van der Waals surface area contributed by atoms with E-state index in [4.69, 9.17) is 8.75 Å². The lowest BCUT2D eigenvalue weighted by Crippen LogP contribution is -2.01. The Morgan fingerprint density at radius 1 is 0.756 bits per heavy atom. The topological polar surface area (TPSA) is 83.2 Å². The van der Waals surface area contributed by atoms with Crippen molar-refractivity contribution in [3.63, 3.8) is 0 Å². The number of rotatable bonds is 8. The van der Waals surface area contributed by atoms with E-state index in [1.54, 1.807) is 45.3 Å². The first-order valence-corrected chi connectivity index (χ1v) is 18.7. The van der Waals surface area contributed by atoms with Crippen molar-refractivity contribution in [1.29, 1.82) is 10.5 Å². The van der Waals surface area contributed by atoms with Gasteiger partial charge in [0.2, 0.25) is 0 Å². The SMILES string of the molecule is CCCn1c2cc(C=C(C#N)c3cccs3)sc2c2c3nsnc3c3c4sc(C=C(C#N)c5cccs5)cc4n(CCC)c3c21. The van der Waals surface area contributed by atoms with Gasteiger partial charge in [0.15, 0.2) is 0 Å². The Balaban J connectivity index is 1.44. The maximum absolute atomic E-state index is 9.94. The van der Waals surface area contributed by atoms with E-state index in [1.165, 1.54) is 43.2 Å². The molecular formula is C34H24N6S5. The first-order chi connectivity index (χ1) is 22.1. The highest BCUT2D eigenvalue weighted by atomic mass is 32.1. The summed E-state index contributed by atoms with van der Waals surface area (Å²) in [4.78, 5) is 4.09. The van der Waals surface area contributed by atoms with Gasteiger partial charge in [-0.25, -0.2) is 0 Å². The fraction of sp³-hybridized carbons (Fsp3) is 0.176. The van der Waals surface area contributed by atoms with Crippen LogP contribution >= 0.6 is 57.1 Å². The second kappa shape index (κ2) is 11.4. The Morgan fingerprint density at radius 2 is 1.22 bits per heavy atom. The lowest BCUT2D eigenvalue weighted by Gasteiger charge is -2.11. The molecule has 1 aromatic carbocycles. The lowest BCUT2D eigenvalue weighted by molar-refractivity contribution is 0.711. The molecular weight excluding hydrogens is 653 g/mol. The fourth-order valence-electron chi connectivity index (χ4n) is 6.25. The highest BCUT2D eigenvalue weighted by Crippen LogP contribution is 2.48. The third-order valence-corrected chi connectivity index (χ3v) is 12.5. The van der Waals surface area contributed by atoms with Gasteiger partial charge in [0.1, 0.15) is 23.2 Å². The molecule has 7 heterocycles. The number of benzene rings is 1. The maximum Gasteiger partial charge on any atom is 0.116 e. The van der Waals surface area contributed by atoms with E-state index in [2.05, 4.69) is 47.3 Å². The Labute approximate surface area is 279 Å². The van der Waals surface area contributed by atoms with Crippen LogP contribution in [0.2, 0.25) is 0 Å². The van der Waals surface area contributed by atoms with E-state index in [0.717, 1.165) is 67.2 Å². The predicted octanol–water partition coefficient (Wildman–Crippen LogP) is 11.1. The highest BCUT2D eigenvalue weighted by Gasteiger charge is 2.27. The van der Waals surface area contributed by atoms with Crippen molar-refractivity contribution in [2.45, 2.75) is 39.8 Å². The van der Waals surface area contributed by atoms with Crippen LogP contribution in [0.1, 0.15) is 46.2 Å². The summed E-state index contributed by atoms with van der Waals surface area (Å²) < 4.78 is 17.1. The van der Waals surface area contributed by atoms with Gasteiger partial charge in [-0.1, -0.05) is 26.0 Å². The Kier molecular flexibility index (Phi) is 7.16. The van der Waals surface area contributed by atoms with E-state index >= 15 is 0 Å². The van der Waals surface area contributed by atoms with Gasteiger partial charge in [0.05, 0.1) is 54.3 Å². The second-order valence-electron chi connectivity index (χ2n) is 10.7. The average molecular weight is 677 g/mol. The van der Waals surface area contributed by atoms with Crippen molar-refractivity contribution in [2.24, 2.45) is 0 Å². The molecule has 0 spiro atoms. The summed E-state index contributed by atoms with van der Waals surface area (Å²) in [5.74, 6) is 0. The summed E-state index contributed by atoms with van der Waals surface area (Å²) in [5.41, 5.74) is 8.04. The molecule has 0 unspecified atom stereocenters. The van der Waals surface area contributed by atoms with Gasteiger partial charge in [-0.15, -0.1) is 45.3 Å². The average Bonchev–Trinajstić information content (AvgIpc) is 3.88. The molecule has 0 amide bonds. The summed E-state index contributed by atoms with van der Waals surface area (Å²) in [6.45, 7) is 6.19. The molecule has 0 aliphatic carbocycles. The number of aromatic nitrogens is 4. The molecule has 0 radical (unpaired) electrons.